The van der Waals surface area contributed by atoms with Gasteiger partial charge in [-0.15, -0.1) is 0 Å². The molecule has 0 aliphatic carbocycles. The van der Waals surface area contributed by atoms with Crippen molar-refractivity contribution in [2.45, 2.75) is 33.3 Å². The number of hydrogen-bond donors (Lipinski definition) is 0. The third kappa shape index (κ3) is 2.57. The lowest BCUT2D eigenvalue weighted by atomic mass is 10.1. The zero-order chi connectivity index (χ0) is 9.19. The number of para-hydroxylation sites is 1. The standard InChI is InChI=1S/C11H16O/c1-9-7-5-6-8-10(9)12-11(2,3)4/h5-8H,1-4H3. The second kappa shape index (κ2) is 3.18. The summed E-state index contributed by atoms with van der Waals surface area (Å²) in [6.45, 7) is 8.22. The Morgan fingerprint density at radius 1 is 1.08 bits per heavy atom. The van der Waals surface area contributed by atoms with Gasteiger partial charge in [-0.25, -0.2) is 0 Å². The van der Waals surface area contributed by atoms with Gasteiger partial charge in [0.25, 0.3) is 0 Å². The van der Waals surface area contributed by atoms with Gasteiger partial charge in [-0.05, 0) is 39.3 Å². The predicted octanol–water partition coefficient (Wildman–Crippen LogP) is 3.17. The van der Waals surface area contributed by atoms with Crippen LogP contribution in [0.15, 0.2) is 24.3 Å². The summed E-state index contributed by atoms with van der Waals surface area (Å²) in [5.41, 5.74) is 1.08. The van der Waals surface area contributed by atoms with E-state index in [1.807, 2.05) is 18.2 Å². The van der Waals surface area contributed by atoms with E-state index in [2.05, 4.69) is 33.8 Å². The van der Waals surface area contributed by atoms with Crippen LogP contribution in [0.4, 0.5) is 0 Å². The van der Waals surface area contributed by atoms with Crippen LogP contribution in [0, 0.1) is 6.92 Å². The average molecular weight is 164 g/mol. The molecule has 12 heavy (non-hydrogen) atoms. The molecule has 0 fully saturated rings. The quantitative estimate of drug-likeness (QED) is 0.619. The first-order valence-electron chi connectivity index (χ1n) is 4.24. The number of benzene rings is 1. The third-order valence-electron chi connectivity index (χ3n) is 1.51. The molecule has 0 radical (unpaired) electrons. The van der Waals surface area contributed by atoms with Crippen molar-refractivity contribution in [2.75, 3.05) is 0 Å². The first-order valence-corrected chi connectivity index (χ1v) is 4.24. The van der Waals surface area contributed by atoms with Crippen molar-refractivity contribution in [2.24, 2.45) is 0 Å². The second-order valence-electron chi connectivity index (χ2n) is 3.98. The monoisotopic (exact) mass is 164 g/mol. The fourth-order valence-corrected chi connectivity index (χ4v) is 1.00. The highest BCUT2D eigenvalue weighted by Crippen LogP contribution is 2.21. The van der Waals surface area contributed by atoms with E-state index < -0.39 is 0 Å². The molecule has 0 aliphatic heterocycles. The van der Waals surface area contributed by atoms with Crippen LogP contribution in [0.3, 0.4) is 0 Å². The predicted molar refractivity (Wildman–Crippen MR) is 51.6 cm³/mol. The molecule has 0 bridgehead atoms. The lowest BCUT2D eigenvalue weighted by Crippen LogP contribution is -2.23. The summed E-state index contributed by atoms with van der Waals surface area (Å²) >= 11 is 0. The van der Waals surface area contributed by atoms with Crippen molar-refractivity contribution in [3.05, 3.63) is 29.8 Å². The molecule has 0 N–H and O–H groups in total. The highest BCUT2D eigenvalue weighted by atomic mass is 16.5. The van der Waals surface area contributed by atoms with E-state index in [-0.39, 0.29) is 5.60 Å². The van der Waals surface area contributed by atoms with Crippen molar-refractivity contribution >= 4 is 0 Å². The summed E-state index contributed by atoms with van der Waals surface area (Å²) in [5.74, 6) is 0.977. The van der Waals surface area contributed by atoms with Gasteiger partial charge in [0.15, 0.2) is 0 Å². The third-order valence-corrected chi connectivity index (χ3v) is 1.51. The van der Waals surface area contributed by atoms with Gasteiger partial charge in [-0.3, -0.25) is 0 Å². The lowest BCUT2D eigenvalue weighted by molar-refractivity contribution is 0.130. The Labute approximate surface area is 74.4 Å². The van der Waals surface area contributed by atoms with Crippen molar-refractivity contribution in [3.63, 3.8) is 0 Å². The zero-order valence-electron chi connectivity index (χ0n) is 8.22. The Balaban J connectivity index is 2.83. The van der Waals surface area contributed by atoms with Gasteiger partial charge in [-0.2, -0.15) is 0 Å². The van der Waals surface area contributed by atoms with Crippen molar-refractivity contribution in [1.29, 1.82) is 0 Å². The van der Waals surface area contributed by atoms with Gasteiger partial charge in [0.05, 0.1) is 0 Å². The average Bonchev–Trinajstić information content (AvgIpc) is 1.91. The van der Waals surface area contributed by atoms with Gasteiger partial charge >= 0.3 is 0 Å². The van der Waals surface area contributed by atoms with Crippen molar-refractivity contribution in [1.82, 2.24) is 0 Å². The van der Waals surface area contributed by atoms with Crippen LogP contribution in [-0.2, 0) is 0 Å². The topological polar surface area (TPSA) is 9.23 Å². The van der Waals surface area contributed by atoms with E-state index in [0.29, 0.717) is 0 Å². The second-order valence-corrected chi connectivity index (χ2v) is 3.98. The molecular formula is C11H16O. The maximum Gasteiger partial charge on any atom is 0.122 e. The molecule has 0 unspecified atom stereocenters. The molecule has 0 heterocycles. The molecule has 0 atom stereocenters. The largest absolute Gasteiger partial charge is 0.488 e. The van der Waals surface area contributed by atoms with Crippen LogP contribution >= 0.6 is 0 Å². The smallest absolute Gasteiger partial charge is 0.122 e. The molecule has 0 aliphatic rings. The van der Waals surface area contributed by atoms with Gasteiger partial charge in [-0.1, -0.05) is 18.2 Å². The number of ether oxygens (including phenoxy) is 1. The number of rotatable bonds is 1. The summed E-state index contributed by atoms with van der Waals surface area (Å²) in [6.07, 6.45) is 0. The SMILES string of the molecule is Cc1ccccc1OC(C)(C)C. The Bertz CT molecular complexity index is 258. The summed E-state index contributed by atoms with van der Waals surface area (Å²) in [7, 11) is 0. The minimum absolute atomic E-state index is 0.105. The summed E-state index contributed by atoms with van der Waals surface area (Å²) in [6, 6.07) is 8.07. The van der Waals surface area contributed by atoms with E-state index in [1.54, 1.807) is 0 Å². The van der Waals surface area contributed by atoms with E-state index in [4.69, 9.17) is 4.74 Å². The maximum absolute atomic E-state index is 5.73. The zero-order valence-corrected chi connectivity index (χ0v) is 8.22. The molecular weight excluding hydrogens is 148 g/mol. The van der Waals surface area contributed by atoms with Crippen molar-refractivity contribution < 1.29 is 4.74 Å². The highest BCUT2D eigenvalue weighted by molar-refractivity contribution is 5.32. The van der Waals surface area contributed by atoms with Crippen LogP contribution in [0.5, 0.6) is 5.75 Å². The fraction of sp³-hybridized carbons (Fsp3) is 0.455. The highest BCUT2D eigenvalue weighted by Gasteiger charge is 2.12. The normalized spacial score (nSPS) is 11.3. The lowest BCUT2D eigenvalue weighted by Gasteiger charge is -2.22. The Kier molecular flexibility index (Phi) is 2.41. The summed E-state index contributed by atoms with van der Waals surface area (Å²) < 4.78 is 5.73. The maximum atomic E-state index is 5.73. The Morgan fingerprint density at radius 2 is 1.67 bits per heavy atom. The number of aryl methyl sites for hydroxylation is 1. The molecule has 1 aromatic rings. The van der Waals surface area contributed by atoms with Crippen LogP contribution in [0.25, 0.3) is 0 Å². The molecule has 66 valence electrons. The van der Waals surface area contributed by atoms with E-state index >= 15 is 0 Å². The molecule has 0 spiro atoms. The van der Waals surface area contributed by atoms with E-state index in [1.165, 1.54) is 5.56 Å². The molecule has 1 aromatic carbocycles. The molecule has 1 nitrogen and oxygen atoms in total. The molecule has 1 heteroatoms. The fourth-order valence-electron chi connectivity index (χ4n) is 1.00. The van der Waals surface area contributed by atoms with Crippen LogP contribution < -0.4 is 4.74 Å². The van der Waals surface area contributed by atoms with Crippen molar-refractivity contribution in [3.8, 4) is 5.75 Å². The van der Waals surface area contributed by atoms with Gasteiger partial charge in [0.2, 0.25) is 0 Å². The molecule has 0 saturated carbocycles. The first kappa shape index (κ1) is 9.11. The molecule has 0 saturated heterocycles. The summed E-state index contributed by atoms with van der Waals surface area (Å²) in [4.78, 5) is 0. The van der Waals surface area contributed by atoms with E-state index in [9.17, 15) is 0 Å². The van der Waals surface area contributed by atoms with Crippen LogP contribution in [0.1, 0.15) is 26.3 Å². The molecule has 0 amide bonds. The van der Waals surface area contributed by atoms with Gasteiger partial charge in [0, 0.05) is 0 Å². The van der Waals surface area contributed by atoms with Crippen LogP contribution in [-0.4, -0.2) is 5.60 Å². The minimum Gasteiger partial charge on any atom is -0.488 e. The van der Waals surface area contributed by atoms with Crippen LogP contribution in [0.2, 0.25) is 0 Å². The summed E-state index contributed by atoms with van der Waals surface area (Å²) in [5, 5.41) is 0. The number of hydrogen-bond acceptors (Lipinski definition) is 1. The molecule has 1 rings (SSSR count). The van der Waals surface area contributed by atoms with Gasteiger partial charge in [0.1, 0.15) is 11.4 Å². The van der Waals surface area contributed by atoms with E-state index in [0.717, 1.165) is 5.75 Å². The Morgan fingerprint density at radius 3 is 2.17 bits per heavy atom. The first-order chi connectivity index (χ1) is 5.49. The molecule has 0 aromatic heterocycles. The minimum atomic E-state index is -0.105. The van der Waals surface area contributed by atoms with Gasteiger partial charge < -0.3 is 4.74 Å². The Hall–Kier alpha value is -0.980.